The third kappa shape index (κ3) is 6.67. The Morgan fingerprint density at radius 2 is 1.42 bits per heavy atom. The molecule has 0 aliphatic carbocycles. The second kappa shape index (κ2) is 10.0. The van der Waals surface area contributed by atoms with E-state index < -0.39 is 7.60 Å². The Hall–Kier alpha value is -1.93. The number of rotatable bonds is 10. The maximum atomic E-state index is 13.1. The van der Waals surface area contributed by atoms with Gasteiger partial charge in [-0.1, -0.05) is 42.8 Å². The number of isothiocyanates is 1. The second-order valence-electron chi connectivity index (χ2n) is 5.18. The lowest BCUT2D eigenvalue weighted by Crippen LogP contribution is -2.05. The van der Waals surface area contributed by atoms with Gasteiger partial charge in [-0.05, 0) is 49.3 Å². The first-order chi connectivity index (χ1) is 11.7. The van der Waals surface area contributed by atoms with Crippen LogP contribution in [0.25, 0.3) is 0 Å². The molecule has 0 spiro atoms. The Bertz CT molecular complexity index is 657. The highest BCUT2D eigenvalue weighted by Crippen LogP contribution is 2.49. The first kappa shape index (κ1) is 18.4. The van der Waals surface area contributed by atoms with Crippen molar-refractivity contribution in [1.82, 2.24) is 0 Å². The van der Waals surface area contributed by atoms with E-state index in [1.807, 2.05) is 36.4 Å². The molecule has 0 atom stereocenters. The van der Waals surface area contributed by atoms with Gasteiger partial charge < -0.3 is 9.05 Å². The average Bonchev–Trinajstić information content (AvgIpc) is 2.60. The molecule has 4 nitrogen and oxygen atoms in total. The zero-order valence-electron chi connectivity index (χ0n) is 13.3. The van der Waals surface area contributed by atoms with E-state index in [0.29, 0.717) is 24.2 Å². The van der Waals surface area contributed by atoms with Crippen molar-refractivity contribution in [1.29, 1.82) is 0 Å². The molecule has 24 heavy (non-hydrogen) atoms. The monoisotopic (exact) mass is 361 g/mol. The van der Waals surface area contributed by atoms with Crippen molar-refractivity contribution in [3.63, 3.8) is 0 Å². The predicted octanol–water partition coefficient (Wildman–Crippen LogP) is 5.61. The largest absolute Gasteiger partial charge is 0.430 e. The van der Waals surface area contributed by atoms with E-state index in [-0.39, 0.29) is 0 Å². The van der Waals surface area contributed by atoms with Crippen LogP contribution in [0.5, 0.6) is 11.5 Å². The van der Waals surface area contributed by atoms with Crippen LogP contribution in [0.4, 0.5) is 0 Å². The summed E-state index contributed by atoms with van der Waals surface area (Å²) in [5.41, 5.74) is 0. The Labute approximate surface area is 148 Å². The third-order valence-corrected chi connectivity index (χ3v) is 5.21. The Balaban J connectivity index is 2.00. The molecule has 0 unspecified atom stereocenters. The summed E-state index contributed by atoms with van der Waals surface area (Å²) in [5.74, 6) is 1.09. The molecule has 0 aromatic heterocycles. The van der Waals surface area contributed by atoms with E-state index in [1.54, 1.807) is 24.3 Å². The summed E-state index contributed by atoms with van der Waals surface area (Å²) in [6.45, 7) is 0.646. The zero-order chi connectivity index (χ0) is 17.1. The number of hydrogen-bond donors (Lipinski definition) is 0. The molecule has 0 N–H and O–H groups in total. The summed E-state index contributed by atoms with van der Waals surface area (Å²) in [6, 6.07) is 18.2. The minimum atomic E-state index is -3.29. The molecule has 2 rings (SSSR count). The second-order valence-corrected chi connectivity index (χ2v) is 7.39. The fraction of sp³-hybridized carbons (Fsp3) is 0.278. The fourth-order valence-electron chi connectivity index (χ4n) is 2.11. The Kier molecular flexibility index (Phi) is 7.70. The van der Waals surface area contributed by atoms with Gasteiger partial charge in [-0.15, -0.1) is 0 Å². The van der Waals surface area contributed by atoms with Gasteiger partial charge in [0.1, 0.15) is 11.5 Å². The van der Waals surface area contributed by atoms with Gasteiger partial charge in [-0.25, -0.2) is 9.56 Å². The van der Waals surface area contributed by atoms with Crippen LogP contribution in [0.15, 0.2) is 65.7 Å². The van der Waals surface area contributed by atoms with Gasteiger partial charge in [0.15, 0.2) is 0 Å². The van der Waals surface area contributed by atoms with Crippen molar-refractivity contribution in [2.45, 2.75) is 19.3 Å². The van der Waals surface area contributed by atoms with Crippen LogP contribution in [0.2, 0.25) is 0 Å². The highest BCUT2D eigenvalue weighted by Gasteiger charge is 2.27. The number of benzene rings is 2. The van der Waals surface area contributed by atoms with Crippen LogP contribution in [0, 0.1) is 0 Å². The van der Waals surface area contributed by atoms with E-state index >= 15 is 0 Å². The van der Waals surface area contributed by atoms with Gasteiger partial charge in [0, 0.05) is 6.54 Å². The molecule has 126 valence electrons. The van der Waals surface area contributed by atoms with E-state index in [2.05, 4.69) is 22.4 Å². The molecule has 0 saturated carbocycles. The molecule has 0 bridgehead atoms. The van der Waals surface area contributed by atoms with Gasteiger partial charge in [0.2, 0.25) is 0 Å². The number of nitrogens with zero attached hydrogens (tertiary/aromatic N) is 1. The van der Waals surface area contributed by atoms with Crippen LogP contribution in [-0.2, 0) is 4.57 Å². The molecule has 6 heteroatoms. The van der Waals surface area contributed by atoms with Crippen molar-refractivity contribution in [2.24, 2.45) is 4.99 Å². The molecular formula is C18H20NO3PS. The number of aliphatic imine (C=N–C) groups is 1. The normalized spacial score (nSPS) is 10.7. The maximum Gasteiger partial charge on any atom is 0.430 e. The molecule has 0 amide bonds. The molecule has 2 aromatic carbocycles. The minimum absolute atomic E-state index is 0.345. The van der Waals surface area contributed by atoms with Gasteiger partial charge in [-0.3, -0.25) is 0 Å². The van der Waals surface area contributed by atoms with Crippen LogP contribution in [0.3, 0.4) is 0 Å². The van der Waals surface area contributed by atoms with Crippen molar-refractivity contribution in [3.8, 4) is 11.5 Å². The van der Waals surface area contributed by atoms with Gasteiger partial charge in [0.25, 0.3) is 0 Å². The van der Waals surface area contributed by atoms with Gasteiger partial charge in [-0.2, -0.15) is 0 Å². The maximum absolute atomic E-state index is 13.1. The minimum Gasteiger partial charge on any atom is -0.416 e. The third-order valence-electron chi connectivity index (χ3n) is 3.24. The standard InChI is InChI=1S/C18H20NO3PS/c20-23(15-9-3-8-14-19-16-24,21-17-10-4-1-5-11-17)22-18-12-6-2-7-13-18/h1-2,4-7,10-13H,3,8-9,14-15H2. The molecular weight excluding hydrogens is 341 g/mol. The summed E-state index contributed by atoms with van der Waals surface area (Å²) < 4.78 is 24.6. The molecule has 0 aliphatic heterocycles. The van der Waals surface area contributed by atoms with Crippen molar-refractivity contribution in [2.75, 3.05) is 12.7 Å². The average molecular weight is 361 g/mol. The Morgan fingerprint density at radius 1 is 0.875 bits per heavy atom. The van der Waals surface area contributed by atoms with Crippen molar-refractivity contribution in [3.05, 3.63) is 60.7 Å². The van der Waals surface area contributed by atoms with E-state index in [4.69, 9.17) is 9.05 Å². The predicted molar refractivity (Wildman–Crippen MR) is 100 cm³/mol. The fourth-order valence-corrected chi connectivity index (χ4v) is 3.92. The number of thiocarbonyl (C=S) groups is 1. The van der Waals surface area contributed by atoms with Crippen LogP contribution >= 0.6 is 19.8 Å². The number of unbranched alkanes of at least 4 members (excludes halogenated alkanes) is 2. The van der Waals surface area contributed by atoms with Crippen molar-refractivity contribution >= 4 is 25.0 Å². The lowest BCUT2D eigenvalue weighted by molar-refractivity contribution is 0.383. The highest BCUT2D eigenvalue weighted by molar-refractivity contribution is 7.78. The highest BCUT2D eigenvalue weighted by atomic mass is 32.1. The zero-order valence-corrected chi connectivity index (χ0v) is 15.0. The Morgan fingerprint density at radius 3 is 1.92 bits per heavy atom. The number of hydrogen-bond acceptors (Lipinski definition) is 5. The lowest BCUT2D eigenvalue weighted by atomic mass is 10.2. The van der Waals surface area contributed by atoms with Gasteiger partial charge in [0.05, 0.1) is 11.3 Å². The summed E-state index contributed by atoms with van der Waals surface area (Å²) >= 11 is 4.53. The van der Waals surface area contributed by atoms with E-state index in [1.165, 1.54) is 0 Å². The molecule has 0 heterocycles. The SMILES string of the molecule is O=P(CCCCCN=C=S)(Oc1ccccc1)Oc1ccccc1. The van der Waals surface area contributed by atoms with Crippen LogP contribution in [-0.4, -0.2) is 17.9 Å². The lowest BCUT2D eigenvalue weighted by Gasteiger charge is -2.20. The smallest absolute Gasteiger partial charge is 0.416 e. The quantitative estimate of drug-likeness (QED) is 0.239. The summed E-state index contributed by atoms with van der Waals surface area (Å²) in [6.07, 6.45) is 2.82. The van der Waals surface area contributed by atoms with E-state index in [9.17, 15) is 4.57 Å². The molecule has 0 saturated heterocycles. The van der Waals surface area contributed by atoms with Crippen LogP contribution < -0.4 is 9.05 Å². The van der Waals surface area contributed by atoms with Gasteiger partial charge >= 0.3 is 7.60 Å². The summed E-state index contributed by atoms with van der Waals surface area (Å²) in [5, 5.41) is 2.34. The molecule has 0 aliphatic rings. The summed E-state index contributed by atoms with van der Waals surface area (Å²) in [7, 11) is -3.29. The first-order valence-corrected chi connectivity index (χ1v) is 9.97. The van der Waals surface area contributed by atoms with Crippen LogP contribution in [0.1, 0.15) is 19.3 Å². The molecule has 0 radical (unpaired) electrons. The molecule has 2 aromatic rings. The first-order valence-electron chi connectivity index (χ1n) is 7.84. The molecule has 0 fully saturated rings. The summed E-state index contributed by atoms with van der Waals surface area (Å²) in [4.78, 5) is 3.87. The van der Waals surface area contributed by atoms with Crippen molar-refractivity contribution < 1.29 is 13.6 Å². The van der Waals surface area contributed by atoms with E-state index in [0.717, 1.165) is 19.3 Å². The topological polar surface area (TPSA) is 47.9 Å². The number of para-hydroxylation sites is 2.